The van der Waals surface area contributed by atoms with Crippen LogP contribution >= 0.6 is 0 Å². The number of nitrogens with one attached hydrogen (secondary N) is 2. The second-order valence-electron chi connectivity index (χ2n) is 5.83. The van der Waals surface area contributed by atoms with Crippen molar-refractivity contribution in [1.82, 2.24) is 4.98 Å². The molecule has 2 aromatic carbocycles. The van der Waals surface area contributed by atoms with Gasteiger partial charge < -0.3 is 20.8 Å². The predicted octanol–water partition coefficient (Wildman–Crippen LogP) is 3.77. The Kier molecular flexibility index (Phi) is 3.54. The number of nitrogen functional groups attached to an aromatic ring is 1. The van der Waals surface area contributed by atoms with Crippen LogP contribution in [0.3, 0.4) is 0 Å². The van der Waals surface area contributed by atoms with Crippen molar-refractivity contribution in [2.24, 2.45) is 0 Å². The highest BCUT2D eigenvalue weighted by atomic mass is 16.5. The average molecular weight is 331 g/mol. The molecule has 1 aliphatic heterocycles. The van der Waals surface area contributed by atoms with Gasteiger partial charge in [-0.1, -0.05) is 24.3 Å². The number of rotatable bonds is 3. The minimum absolute atomic E-state index is 0.136. The Balaban J connectivity index is 1.91. The SMILES string of the molecule is COc1cc[nH]c1/C=C1\C(=O)Nc2cccc(-c3cccc(N)c3)c21. The van der Waals surface area contributed by atoms with Gasteiger partial charge in [-0.3, -0.25) is 4.79 Å². The number of aromatic nitrogens is 1. The van der Waals surface area contributed by atoms with Crippen molar-refractivity contribution in [2.45, 2.75) is 0 Å². The van der Waals surface area contributed by atoms with Crippen LogP contribution in [0.15, 0.2) is 54.7 Å². The summed E-state index contributed by atoms with van der Waals surface area (Å²) in [6.07, 6.45) is 3.60. The van der Waals surface area contributed by atoms with Gasteiger partial charge in [-0.2, -0.15) is 0 Å². The van der Waals surface area contributed by atoms with Crippen LogP contribution in [0.2, 0.25) is 0 Å². The Hall–Kier alpha value is -3.47. The van der Waals surface area contributed by atoms with E-state index in [1.165, 1.54) is 0 Å². The Bertz CT molecular complexity index is 1000. The highest BCUT2D eigenvalue weighted by Gasteiger charge is 2.27. The van der Waals surface area contributed by atoms with Crippen molar-refractivity contribution in [3.8, 4) is 16.9 Å². The van der Waals surface area contributed by atoms with E-state index in [0.29, 0.717) is 17.0 Å². The number of hydrogen-bond acceptors (Lipinski definition) is 3. The van der Waals surface area contributed by atoms with Crippen LogP contribution in [0.5, 0.6) is 5.75 Å². The molecule has 0 fully saturated rings. The number of carbonyl (C=O) groups is 1. The first-order chi connectivity index (χ1) is 12.2. The molecule has 1 aromatic heterocycles. The molecule has 0 saturated carbocycles. The van der Waals surface area contributed by atoms with Crippen LogP contribution < -0.4 is 15.8 Å². The van der Waals surface area contributed by atoms with Gasteiger partial charge in [0.05, 0.1) is 18.4 Å². The number of nitrogens with two attached hydrogens (primary N) is 1. The highest BCUT2D eigenvalue weighted by Crippen LogP contribution is 2.41. The van der Waals surface area contributed by atoms with Crippen molar-refractivity contribution in [3.63, 3.8) is 0 Å². The fourth-order valence-electron chi connectivity index (χ4n) is 3.14. The molecule has 0 aliphatic carbocycles. The van der Waals surface area contributed by atoms with Crippen LogP contribution in [0.1, 0.15) is 11.3 Å². The molecule has 25 heavy (non-hydrogen) atoms. The molecule has 5 heteroatoms. The maximum atomic E-state index is 12.5. The first kappa shape index (κ1) is 15.1. The fourth-order valence-corrected chi connectivity index (χ4v) is 3.14. The zero-order valence-electron chi connectivity index (χ0n) is 13.7. The van der Waals surface area contributed by atoms with Gasteiger partial charge in [0, 0.05) is 23.1 Å². The third-order valence-corrected chi connectivity index (χ3v) is 4.27. The van der Waals surface area contributed by atoms with E-state index >= 15 is 0 Å². The van der Waals surface area contributed by atoms with E-state index in [9.17, 15) is 4.79 Å². The molecule has 5 nitrogen and oxygen atoms in total. The Labute approximate surface area is 145 Å². The van der Waals surface area contributed by atoms with E-state index in [4.69, 9.17) is 10.5 Å². The van der Waals surface area contributed by atoms with E-state index in [1.54, 1.807) is 13.3 Å². The van der Waals surface area contributed by atoms with Gasteiger partial charge in [-0.05, 0) is 41.5 Å². The lowest BCUT2D eigenvalue weighted by molar-refractivity contribution is -0.110. The molecule has 1 aliphatic rings. The maximum Gasteiger partial charge on any atom is 0.256 e. The van der Waals surface area contributed by atoms with Crippen LogP contribution in [0.4, 0.5) is 11.4 Å². The quantitative estimate of drug-likeness (QED) is 0.505. The van der Waals surface area contributed by atoms with Crippen molar-refractivity contribution in [1.29, 1.82) is 0 Å². The molecule has 0 unspecified atom stereocenters. The van der Waals surface area contributed by atoms with E-state index in [-0.39, 0.29) is 5.91 Å². The molecule has 0 atom stereocenters. The van der Waals surface area contributed by atoms with Crippen LogP contribution in [0, 0.1) is 0 Å². The van der Waals surface area contributed by atoms with E-state index in [1.807, 2.05) is 54.6 Å². The molecule has 0 bridgehead atoms. The summed E-state index contributed by atoms with van der Waals surface area (Å²) in [5, 5.41) is 2.93. The minimum Gasteiger partial charge on any atom is -0.495 e. The zero-order chi connectivity index (χ0) is 17.4. The molecule has 1 amide bonds. The Morgan fingerprint density at radius 3 is 2.76 bits per heavy atom. The third-order valence-electron chi connectivity index (χ3n) is 4.27. The van der Waals surface area contributed by atoms with Gasteiger partial charge in [-0.25, -0.2) is 0 Å². The number of H-pyrrole nitrogens is 1. The number of aromatic amines is 1. The standard InChI is InChI=1S/C20H17N3O2/c1-25-18-8-9-22-17(18)11-15-19-14(12-4-2-5-13(21)10-12)6-3-7-16(19)23-20(15)24/h2-11,22H,21H2,1H3,(H,23,24)/b15-11-. The van der Waals surface area contributed by atoms with Crippen LogP contribution in [0.25, 0.3) is 22.8 Å². The number of hydrogen-bond donors (Lipinski definition) is 3. The van der Waals surface area contributed by atoms with Gasteiger partial charge in [0.2, 0.25) is 0 Å². The number of fused-ring (bicyclic) bond motifs is 1. The number of methoxy groups -OCH3 is 1. The predicted molar refractivity (Wildman–Crippen MR) is 100 cm³/mol. The smallest absolute Gasteiger partial charge is 0.256 e. The number of benzene rings is 2. The lowest BCUT2D eigenvalue weighted by atomic mass is 9.94. The summed E-state index contributed by atoms with van der Waals surface area (Å²) in [5.41, 5.74) is 11.6. The normalized spacial score (nSPS) is 14.4. The van der Waals surface area contributed by atoms with Gasteiger partial charge in [0.1, 0.15) is 5.75 Å². The molecule has 124 valence electrons. The van der Waals surface area contributed by atoms with Gasteiger partial charge in [0.15, 0.2) is 0 Å². The molecular weight excluding hydrogens is 314 g/mol. The van der Waals surface area contributed by atoms with Crippen molar-refractivity contribution >= 4 is 28.9 Å². The van der Waals surface area contributed by atoms with Crippen molar-refractivity contribution in [2.75, 3.05) is 18.2 Å². The fraction of sp³-hybridized carbons (Fsp3) is 0.0500. The number of ether oxygens (including phenoxy) is 1. The molecule has 0 spiro atoms. The van der Waals surface area contributed by atoms with Gasteiger partial charge in [-0.15, -0.1) is 0 Å². The zero-order valence-corrected chi connectivity index (χ0v) is 13.7. The molecule has 3 aromatic rings. The van der Waals surface area contributed by atoms with E-state index in [2.05, 4.69) is 10.3 Å². The number of anilines is 2. The van der Waals surface area contributed by atoms with Crippen molar-refractivity contribution < 1.29 is 9.53 Å². The molecule has 0 radical (unpaired) electrons. The monoisotopic (exact) mass is 331 g/mol. The lowest BCUT2D eigenvalue weighted by Gasteiger charge is -2.09. The molecule has 4 N–H and O–H groups in total. The maximum absolute atomic E-state index is 12.5. The second kappa shape index (κ2) is 5.87. The Morgan fingerprint density at radius 1 is 1.12 bits per heavy atom. The van der Waals surface area contributed by atoms with Crippen molar-refractivity contribution in [3.05, 3.63) is 66.0 Å². The molecular formula is C20H17N3O2. The minimum atomic E-state index is -0.136. The third kappa shape index (κ3) is 2.55. The largest absolute Gasteiger partial charge is 0.495 e. The summed E-state index contributed by atoms with van der Waals surface area (Å²) in [6, 6.07) is 15.3. The van der Waals surface area contributed by atoms with Gasteiger partial charge >= 0.3 is 0 Å². The van der Waals surface area contributed by atoms with Crippen LogP contribution in [-0.4, -0.2) is 18.0 Å². The lowest BCUT2D eigenvalue weighted by Crippen LogP contribution is -2.03. The molecule has 0 saturated heterocycles. The van der Waals surface area contributed by atoms with Crippen LogP contribution in [-0.2, 0) is 4.79 Å². The molecule has 2 heterocycles. The number of carbonyl (C=O) groups excluding carboxylic acids is 1. The van der Waals surface area contributed by atoms with E-state index in [0.717, 1.165) is 28.1 Å². The highest BCUT2D eigenvalue weighted by molar-refractivity contribution is 6.36. The summed E-state index contributed by atoms with van der Waals surface area (Å²) in [4.78, 5) is 15.7. The summed E-state index contributed by atoms with van der Waals surface area (Å²) in [5.74, 6) is 0.554. The summed E-state index contributed by atoms with van der Waals surface area (Å²) in [7, 11) is 1.60. The Morgan fingerprint density at radius 2 is 1.96 bits per heavy atom. The average Bonchev–Trinajstić information content (AvgIpc) is 3.19. The van der Waals surface area contributed by atoms with E-state index < -0.39 is 0 Å². The topological polar surface area (TPSA) is 80.1 Å². The summed E-state index contributed by atoms with van der Waals surface area (Å²) >= 11 is 0. The summed E-state index contributed by atoms with van der Waals surface area (Å²) < 4.78 is 5.33. The first-order valence-corrected chi connectivity index (χ1v) is 7.91. The number of amides is 1. The summed E-state index contributed by atoms with van der Waals surface area (Å²) in [6.45, 7) is 0. The first-order valence-electron chi connectivity index (χ1n) is 7.91. The second-order valence-corrected chi connectivity index (χ2v) is 5.83. The van der Waals surface area contributed by atoms with Gasteiger partial charge in [0.25, 0.3) is 5.91 Å². The molecule has 4 rings (SSSR count).